The first kappa shape index (κ1) is 14.4. The number of aliphatic hydroxyl groups excluding tert-OH is 2. The van der Waals surface area contributed by atoms with Crippen molar-refractivity contribution in [3.63, 3.8) is 0 Å². The molecule has 20 heavy (non-hydrogen) atoms. The molecule has 2 unspecified atom stereocenters. The minimum Gasteiger partial charge on any atom is -0.474 e. The van der Waals surface area contributed by atoms with Crippen LogP contribution >= 0.6 is 0 Å². The number of aromatic nitrogens is 1. The van der Waals surface area contributed by atoms with Crippen molar-refractivity contribution in [2.24, 2.45) is 0 Å². The number of rotatable bonds is 6. The lowest BCUT2D eigenvalue weighted by molar-refractivity contribution is -0.110. The predicted octanol–water partition coefficient (Wildman–Crippen LogP) is -1.32. The van der Waals surface area contributed by atoms with Gasteiger partial charge in [0.25, 0.3) is 0 Å². The molecule has 0 bridgehead atoms. The molecule has 1 aromatic heterocycles. The van der Waals surface area contributed by atoms with E-state index in [9.17, 15) is 9.90 Å². The second-order valence-electron chi connectivity index (χ2n) is 4.48. The van der Waals surface area contributed by atoms with Gasteiger partial charge >= 0.3 is 0 Å². The van der Waals surface area contributed by atoms with Gasteiger partial charge in [0, 0.05) is 13.0 Å². The minimum absolute atomic E-state index is 0.0965. The first-order valence-corrected chi connectivity index (χ1v) is 6.30. The van der Waals surface area contributed by atoms with Crippen molar-refractivity contribution in [2.75, 3.05) is 30.4 Å². The molecule has 0 radical (unpaired) electrons. The van der Waals surface area contributed by atoms with Crippen LogP contribution in [0.15, 0.2) is 12.1 Å². The van der Waals surface area contributed by atoms with Crippen molar-refractivity contribution in [1.29, 1.82) is 0 Å². The number of nitrogens with two attached hydrogens (primary N) is 1. The smallest absolute Gasteiger partial charge is 0.239 e. The predicted molar refractivity (Wildman–Crippen MR) is 72.2 cm³/mol. The molecule has 2 heterocycles. The van der Waals surface area contributed by atoms with Gasteiger partial charge in [0.05, 0.1) is 18.4 Å². The van der Waals surface area contributed by atoms with E-state index in [1.54, 1.807) is 17.0 Å². The third kappa shape index (κ3) is 3.09. The molecule has 1 saturated heterocycles. The molecule has 1 fully saturated rings. The number of carbonyl (C=O) groups excluding carboxylic acids is 1. The van der Waals surface area contributed by atoms with Crippen LogP contribution in [0.2, 0.25) is 0 Å². The number of aliphatic hydroxyl groups is 2. The van der Waals surface area contributed by atoms with Gasteiger partial charge in [-0.2, -0.15) is 4.98 Å². The SMILES string of the molecule is Nc1ccc(N2CC(O)CC2NC=O)nc1OCCO. The number of hydrogen-bond donors (Lipinski definition) is 4. The van der Waals surface area contributed by atoms with Crippen molar-refractivity contribution in [3.8, 4) is 5.88 Å². The van der Waals surface area contributed by atoms with Gasteiger partial charge in [-0.1, -0.05) is 0 Å². The van der Waals surface area contributed by atoms with Crippen LogP contribution in [0, 0.1) is 0 Å². The molecule has 2 atom stereocenters. The highest BCUT2D eigenvalue weighted by Crippen LogP contribution is 2.27. The fourth-order valence-corrected chi connectivity index (χ4v) is 2.16. The number of nitrogens with one attached hydrogen (secondary N) is 1. The summed E-state index contributed by atoms with van der Waals surface area (Å²) in [6.45, 7) is 0.324. The molecular formula is C12H18N4O4. The lowest BCUT2D eigenvalue weighted by Gasteiger charge is -2.25. The van der Waals surface area contributed by atoms with E-state index in [2.05, 4.69) is 10.3 Å². The van der Waals surface area contributed by atoms with Gasteiger partial charge in [-0.3, -0.25) is 4.79 Å². The Hall–Kier alpha value is -2.06. The summed E-state index contributed by atoms with van der Waals surface area (Å²) in [7, 11) is 0. The quantitative estimate of drug-likeness (QED) is 0.477. The fourth-order valence-electron chi connectivity index (χ4n) is 2.16. The fraction of sp³-hybridized carbons (Fsp3) is 0.500. The number of carbonyl (C=O) groups is 1. The van der Waals surface area contributed by atoms with E-state index in [4.69, 9.17) is 15.6 Å². The summed E-state index contributed by atoms with van der Waals surface area (Å²) < 4.78 is 5.24. The molecule has 2 rings (SSSR count). The Morgan fingerprint density at radius 1 is 1.60 bits per heavy atom. The first-order chi connectivity index (χ1) is 9.65. The zero-order valence-electron chi connectivity index (χ0n) is 10.9. The molecule has 0 aliphatic carbocycles. The van der Waals surface area contributed by atoms with Crippen LogP contribution < -0.4 is 20.7 Å². The summed E-state index contributed by atoms with van der Waals surface area (Å²) in [4.78, 5) is 16.6. The van der Waals surface area contributed by atoms with E-state index in [0.717, 1.165) is 0 Å². The van der Waals surface area contributed by atoms with Gasteiger partial charge in [0.15, 0.2) is 0 Å². The lowest BCUT2D eigenvalue weighted by Crippen LogP contribution is -2.41. The Balaban J connectivity index is 2.20. The molecule has 0 aromatic carbocycles. The number of hydrogen-bond acceptors (Lipinski definition) is 7. The van der Waals surface area contributed by atoms with Crippen molar-refractivity contribution < 1.29 is 19.7 Å². The monoisotopic (exact) mass is 282 g/mol. The summed E-state index contributed by atoms with van der Waals surface area (Å²) in [5.41, 5.74) is 6.10. The minimum atomic E-state index is -0.534. The number of ether oxygens (including phenoxy) is 1. The van der Waals surface area contributed by atoms with Gasteiger partial charge in [0.2, 0.25) is 12.3 Å². The van der Waals surface area contributed by atoms with Gasteiger partial charge in [-0.25, -0.2) is 0 Å². The van der Waals surface area contributed by atoms with E-state index in [-0.39, 0.29) is 25.3 Å². The molecule has 1 aliphatic heterocycles. The molecule has 8 heteroatoms. The third-order valence-electron chi connectivity index (χ3n) is 3.04. The number of amides is 1. The molecule has 1 aliphatic rings. The maximum absolute atomic E-state index is 10.6. The van der Waals surface area contributed by atoms with Crippen LogP contribution in [0.4, 0.5) is 11.5 Å². The Morgan fingerprint density at radius 3 is 3.10 bits per heavy atom. The van der Waals surface area contributed by atoms with Gasteiger partial charge in [-0.15, -0.1) is 0 Å². The Morgan fingerprint density at radius 2 is 2.40 bits per heavy atom. The zero-order valence-corrected chi connectivity index (χ0v) is 10.9. The zero-order chi connectivity index (χ0) is 14.5. The molecule has 0 saturated carbocycles. The Labute approximate surface area is 116 Å². The van der Waals surface area contributed by atoms with Crippen molar-refractivity contribution >= 4 is 17.9 Å². The number of pyridine rings is 1. The summed E-state index contributed by atoms with van der Waals surface area (Å²) in [6.07, 6.45) is 0.172. The Bertz CT molecular complexity index is 471. The van der Waals surface area contributed by atoms with Gasteiger partial charge < -0.3 is 30.9 Å². The van der Waals surface area contributed by atoms with Crippen LogP contribution in [-0.2, 0) is 4.79 Å². The molecule has 5 N–H and O–H groups in total. The first-order valence-electron chi connectivity index (χ1n) is 6.30. The molecule has 8 nitrogen and oxygen atoms in total. The van der Waals surface area contributed by atoms with E-state index < -0.39 is 6.10 Å². The molecule has 110 valence electrons. The van der Waals surface area contributed by atoms with Gasteiger partial charge in [-0.05, 0) is 12.1 Å². The largest absolute Gasteiger partial charge is 0.474 e. The molecular weight excluding hydrogens is 264 g/mol. The maximum atomic E-state index is 10.6. The van der Waals surface area contributed by atoms with Crippen LogP contribution in [0.1, 0.15) is 6.42 Å². The van der Waals surface area contributed by atoms with E-state index in [1.165, 1.54) is 0 Å². The Kier molecular flexibility index (Phi) is 4.59. The number of anilines is 2. The van der Waals surface area contributed by atoms with Crippen molar-refractivity contribution in [3.05, 3.63) is 12.1 Å². The van der Waals surface area contributed by atoms with Crippen molar-refractivity contribution in [1.82, 2.24) is 10.3 Å². The molecule has 1 aromatic rings. The topological polar surface area (TPSA) is 121 Å². The van der Waals surface area contributed by atoms with Crippen LogP contribution in [0.5, 0.6) is 5.88 Å². The average molecular weight is 282 g/mol. The van der Waals surface area contributed by atoms with Crippen LogP contribution in [0.3, 0.4) is 0 Å². The summed E-state index contributed by atoms with van der Waals surface area (Å²) in [5, 5.41) is 21.1. The summed E-state index contributed by atoms with van der Waals surface area (Å²) in [6, 6.07) is 3.33. The average Bonchev–Trinajstić information content (AvgIpc) is 2.79. The number of nitrogen functional groups attached to an aromatic ring is 1. The number of β-amino-alcohol motifs (C(OH)–C–C–N with tert-alkyl or cyclic N) is 1. The van der Waals surface area contributed by atoms with E-state index in [1.807, 2.05) is 0 Å². The van der Waals surface area contributed by atoms with E-state index >= 15 is 0 Å². The molecule has 0 spiro atoms. The highest BCUT2D eigenvalue weighted by molar-refractivity contribution is 5.56. The van der Waals surface area contributed by atoms with Crippen molar-refractivity contribution in [2.45, 2.75) is 18.7 Å². The third-order valence-corrected chi connectivity index (χ3v) is 3.04. The van der Waals surface area contributed by atoms with Crippen LogP contribution in [-0.4, -0.2) is 53.6 Å². The lowest BCUT2D eigenvalue weighted by atomic mass is 10.3. The van der Waals surface area contributed by atoms with Crippen LogP contribution in [0.25, 0.3) is 0 Å². The standard InChI is InChI=1S/C12H18N4O4/c13-9-1-2-10(15-12(9)20-4-3-17)16-6-8(19)5-11(16)14-7-18/h1-2,7-8,11,17,19H,3-6,13H2,(H,14,18). The second-order valence-corrected chi connectivity index (χ2v) is 4.48. The number of nitrogens with zero attached hydrogens (tertiary/aromatic N) is 2. The summed E-state index contributed by atoms with van der Waals surface area (Å²) >= 11 is 0. The summed E-state index contributed by atoms with van der Waals surface area (Å²) in [5.74, 6) is 0.769. The highest BCUT2D eigenvalue weighted by Gasteiger charge is 2.31. The van der Waals surface area contributed by atoms with Gasteiger partial charge in [0.1, 0.15) is 18.6 Å². The maximum Gasteiger partial charge on any atom is 0.239 e. The normalized spacial score (nSPS) is 21.8. The van der Waals surface area contributed by atoms with E-state index in [0.29, 0.717) is 30.9 Å². The highest BCUT2D eigenvalue weighted by atomic mass is 16.5. The second kappa shape index (κ2) is 6.40. The molecule has 1 amide bonds.